The zero-order chi connectivity index (χ0) is 22.8. The average Bonchev–Trinajstić information content (AvgIpc) is 2.73. The largest absolute Gasteiger partial charge is 0.495 e. The fourth-order valence-corrected chi connectivity index (χ4v) is 3.89. The van der Waals surface area contributed by atoms with Gasteiger partial charge in [0.05, 0.1) is 35.5 Å². The van der Waals surface area contributed by atoms with E-state index in [1.165, 1.54) is 14.2 Å². The number of halogens is 5. The molecule has 0 atom stereocenters. The number of piperidine rings is 1. The van der Waals surface area contributed by atoms with Gasteiger partial charge in [-0.15, -0.1) is 0 Å². The van der Waals surface area contributed by atoms with Crippen LogP contribution in [0, 0.1) is 5.92 Å². The van der Waals surface area contributed by atoms with Crippen LogP contribution in [-0.4, -0.2) is 38.2 Å². The Hall–Kier alpha value is -2.39. The van der Waals surface area contributed by atoms with Gasteiger partial charge in [0.25, 0.3) is 0 Å². The molecule has 0 aliphatic carbocycles. The van der Waals surface area contributed by atoms with Crippen molar-refractivity contribution in [3.63, 3.8) is 0 Å². The van der Waals surface area contributed by atoms with Crippen LogP contribution in [0.3, 0.4) is 0 Å². The van der Waals surface area contributed by atoms with Crippen molar-refractivity contribution in [1.82, 2.24) is 4.98 Å². The van der Waals surface area contributed by atoms with Gasteiger partial charge in [0.15, 0.2) is 0 Å². The number of anilines is 2. The van der Waals surface area contributed by atoms with E-state index in [2.05, 4.69) is 10.3 Å². The van der Waals surface area contributed by atoms with Gasteiger partial charge in [-0.25, -0.2) is 4.98 Å². The molecule has 6 nitrogen and oxygen atoms in total. The van der Waals surface area contributed by atoms with E-state index >= 15 is 0 Å². The minimum atomic E-state index is -4.51. The van der Waals surface area contributed by atoms with Crippen LogP contribution in [0.5, 0.6) is 11.5 Å². The third-order valence-electron chi connectivity index (χ3n) is 5.05. The highest BCUT2D eigenvalue weighted by atomic mass is 35.5. The van der Waals surface area contributed by atoms with E-state index in [4.69, 9.17) is 32.7 Å². The van der Waals surface area contributed by atoms with E-state index in [0.29, 0.717) is 48.1 Å². The second-order valence-corrected chi connectivity index (χ2v) is 7.78. The van der Waals surface area contributed by atoms with Gasteiger partial charge in [0, 0.05) is 31.3 Å². The van der Waals surface area contributed by atoms with Crippen LogP contribution in [0.25, 0.3) is 0 Å². The number of amides is 1. The van der Waals surface area contributed by atoms with Crippen molar-refractivity contribution in [3.05, 3.63) is 40.0 Å². The van der Waals surface area contributed by atoms with Crippen molar-refractivity contribution in [2.24, 2.45) is 5.92 Å². The van der Waals surface area contributed by atoms with E-state index in [0.717, 1.165) is 12.3 Å². The molecular formula is C20H20Cl2F3N3O3. The summed E-state index contributed by atoms with van der Waals surface area (Å²) in [6.07, 6.45) is -2.78. The first kappa shape index (κ1) is 23.3. The summed E-state index contributed by atoms with van der Waals surface area (Å²) in [5.74, 6) is 0.608. The number of methoxy groups -OCH3 is 2. The number of nitrogens with zero attached hydrogens (tertiary/aromatic N) is 2. The van der Waals surface area contributed by atoms with Crippen LogP contribution in [0.2, 0.25) is 10.0 Å². The van der Waals surface area contributed by atoms with Gasteiger partial charge in [-0.3, -0.25) is 4.79 Å². The van der Waals surface area contributed by atoms with E-state index in [1.807, 2.05) is 0 Å². The van der Waals surface area contributed by atoms with Crippen LogP contribution in [0.1, 0.15) is 18.4 Å². The van der Waals surface area contributed by atoms with Gasteiger partial charge in [-0.05, 0) is 25.0 Å². The zero-order valence-electron chi connectivity index (χ0n) is 16.7. The molecule has 31 heavy (non-hydrogen) atoms. The third-order valence-corrected chi connectivity index (χ3v) is 5.62. The number of hydrogen-bond acceptors (Lipinski definition) is 5. The first-order chi connectivity index (χ1) is 14.6. The lowest BCUT2D eigenvalue weighted by Gasteiger charge is -2.32. The summed E-state index contributed by atoms with van der Waals surface area (Å²) in [5, 5.41) is 3.08. The Balaban J connectivity index is 1.65. The van der Waals surface area contributed by atoms with Crippen molar-refractivity contribution in [2.45, 2.75) is 19.0 Å². The number of hydrogen-bond donors (Lipinski definition) is 1. The van der Waals surface area contributed by atoms with Crippen molar-refractivity contribution in [2.75, 3.05) is 37.5 Å². The number of nitrogens with one attached hydrogen (secondary N) is 1. The van der Waals surface area contributed by atoms with Crippen molar-refractivity contribution in [3.8, 4) is 11.5 Å². The Morgan fingerprint density at radius 3 is 2.29 bits per heavy atom. The molecule has 1 saturated heterocycles. The van der Waals surface area contributed by atoms with Crippen molar-refractivity contribution < 1.29 is 27.4 Å². The van der Waals surface area contributed by atoms with Crippen LogP contribution in [0.15, 0.2) is 24.4 Å². The summed E-state index contributed by atoms with van der Waals surface area (Å²) in [4.78, 5) is 18.4. The molecular weight excluding hydrogens is 458 g/mol. The number of alkyl halides is 3. The lowest BCUT2D eigenvalue weighted by molar-refractivity contribution is -0.137. The molecule has 0 bridgehead atoms. The standard InChI is InChI=1S/C20H20Cl2F3N3O3/c1-30-16-9-17(31-2)15(8-13(16)21)27-19(29)11-3-5-28(6-4-11)18-14(22)7-12(10-26-18)20(23,24)25/h7-11H,3-6H2,1-2H3,(H,27,29). The first-order valence-corrected chi connectivity index (χ1v) is 10.1. The molecule has 1 N–H and O–H groups in total. The summed E-state index contributed by atoms with van der Waals surface area (Å²) in [5.41, 5.74) is -0.476. The van der Waals surface area contributed by atoms with Gasteiger partial charge < -0.3 is 19.7 Å². The second kappa shape index (κ2) is 9.40. The molecule has 1 fully saturated rings. The third kappa shape index (κ3) is 5.27. The van der Waals surface area contributed by atoms with Crippen LogP contribution < -0.4 is 19.7 Å². The molecule has 168 valence electrons. The molecule has 2 aromatic rings. The molecule has 0 radical (unpaired) electrons. The van der Waals surface area contributed by atoms with Gasteiger partial charge in [-0.1, -0.05) is 23.2 Å². The fraction of sp³-hybridized carbons (Fsp3) is 0.400. The van der Waals surface area contributed by atoms with Crippen LogP contribution in [0.4, 0.5) is 24.7 Å². The topological polar surface area (TPSA) is 63.7 Å². The second-order valence-electron chi connectivity index (χ2n) is 6.96. The smallest absolute Gasteiger partial charge is 0.417 e. The molecule has 1 aliphatic rings. The predicted octanol–water partition coefficient (Wildman–Crippen LogP) is 5.28. The molecule has 3 rings (SSSR count). The summed E-state index contributed by atoms with van der Waals surface area (Å²) >= 11 is 12.2. The normalized spacial score (nSPS) is 15.0. The highest BCUT2D eigenvalue weighted by Gasteiger charge is 2.33. The molecule has 0 unspecified atom stereocenters. The molecule has 1 aliphatic heterocycles. The Labute approximate surface area is 187 Å². The number of benzene rings is 1. The first-order valence-electron chi connectivity index (χ1n) is 9.34. The summed E-state index contributed by atoms with van der Waals surface area (Å²) in [7, 11) is 2.95. The number of ether oxygens (including phenoxy) is 2. The number of carbonyl (C=O) groups is 1. The SMILES string of the molecule is COc1cc(OC)c(NC(=O)C2CCN(c3ncc(C(F)(F)F)cc3Cl)CC2)cc1Cl. The molecule has 1 aromatic heterocycles. The molecule has 11 heteroatoms. The molecule has 0 saturated carbocycles. The fourth-order valence-electron chi connectivity index (χ4n) is 3.36. The molecule has 1 amide bonds. The van der Waals surface area contributed by atoms with E-state index in [-0.39, 0.29) is 22.7 Å². The maximum atomic E-state index is 12.8. The molecule has 1 aromatic carbocycles. The minimum Gasteiger partial charge on any atom is -0.495 e. The average molecular weight is 478 g/mol. The zero-order valence-corrected chi connectivity index (χ0v) is 18.2. The Bertz CT molecular complexity index is 965. The monoisotopic (exact) mass is 477 g/mol. The highest BCUT2D eigenvalue weighted by molar-refractivity contribution is 6.33. The lowest BCUT2D eigenvalue weighted by Crippen LogP contribution is -2.38. The number of rotatable bonds is 5. The maximum absolute atomic E-state index is 12.8. The summed E-state index contributed by atoms with van der Waals surface area (Å²) < 4.78 is 48.8. The Morgan fingerprint density at radius 1 is 1.10 bits per heavy atom. The van der Waals surface area contributed by atoms with E-state index in [1.54, 1.807) is 17.0 Å². The lowest BCUT2D eigenvalue weighted by atomic mass is 9.95. The van der Waals surface area contributed by atoms with Gasteiger partial charge in [0.1, 0.15) is 17.3 Å². The molecule has 0 spiro atoms. The highest BCUT2D eigenvalue weighted by Crippen LogP contribution is 2.37. The van der Waals surface area contributed by atoms with Crippen LogP contribution in [-0.2, 0) is 11.0 Å². The number of pyridine rings is 1. The van der Waals surface area contributed by atoms with E-state index in [9.17, 15) is 18.0 Å². The van der Waals surface area contributed by atoms with Crippen LogP contribution >= 0.6 is 23.2 Å². The van der Waals surface area contributed by atoms with Gasteiger partial charge >= 0.3 is 6.18 Å². The summed E-state index contributed by atoms with van der Waals surface area (Å²) in [6, 6.07) is 4.00. The summed E-state index contributed by atoms with van der Waals surface area (Å²) in [6.45, 7) is 0.855. The van der Waals surface area contributed by atoms with Crippen molar-refractivity contribution >= 4 is 40.6 Å². The predicted molar refractivity (Wildman–Crippen MR) is 112 cm³/mol. The Kier molecular flexibility index (Phi) is 7.06. The van der Waals surface area contributed by atoms with Gasteiger partial charge in [0.2, 0.25) is 5.91 Å². The number of aromatic nitrogens is 1. The maximum Gasteiger partial charge on any atom is 0.417 e. The quantitative estimate of drug-likeness (QED) is 0.634. The van der Waals surface area contributed by atoms with E-state index < -0.39 is 11.7 Å². The minimum absolute atomic E-state index is 0.0738. The Morgan fingerprint density at radius 2 is 1.74 bits per heavy atom. The molecule has 2 heterocycles. The van der Waals surface area contributed by atoms with Crippen molar-refractivity contribution in [1.29, 1.82) is 0 Å². The van der Waals surface area contributed by atoms with Gasteiger partial charge in [-0.2, -0.15) is 13.2 Å². The number of carbonyl (C=O) groups excluding carboxylic acids is 1.